The Morgan fingerprint density at radius 3 is 2.31 bits per heavy atom. The molecule has 0 bridgehead atoms. The standard InChI is InChI=1S/C18H25N3O3S2/c1-13(2)20-26(23,24)16-7-5-14(6-8-16)18(22)19-11-17(21(3)4)15-9-10-25-12-15/h5-10,12-13,17,20H,11H2,1-4H3,(H,19,22). The maximum atomic E-state index is 12.4. The van der Waals surface area contributed by atoms with Crippen LogP contribution in [0, 0.1) is 0 Å². The number of nitrogens with one attached hydrogen (secondary N) is 2. The van der Waals surface area contributed by atoms with Crippen LogP contribution in [0.15, 0.2) is 46.0 Å². The summed E-state index contributed by atoms with van der Waals surface area (Å²) in [6.45, 7) is 3.99. The molecule has 8 heteroatoms. The predicted molar refractivity (Wildman–Crippen MR) is 105 cm³/mol. The van der Waals surface area contributed by atoms with E-state index in [1.54, 1.807) is 25.2 Å². The first-order chi connectivity index (χ1) is 12.2. The van der Waals surface area contributed by atoms with Gasteiger partial charge in [0.1, 0.15) is 0 Å². The van der Waals surface area contributed by atoms with Crippen molar-refractivity contribution in [3.8, 4) is 0 Å². The molecule has 1 unspecified atom stereocenters. The molecular weight excluding hydrogens is 370 g/mol. The maximum absolute atomic E-state index is 12.4. The Hall–Kier alpha value is -1.74. The van der Waals surface area contributed by atoms with Crippen molar-refractivity contribution >= 4 is 27.3 Å². The van der Waals surface area contributed by atoms with Crippen LogP contribution in [0.25, 0.3) is 0 Å². The van der Waals surface area contributed by atoms with E-state index in [2.05, 4.69) is 20.3 Å². The van der Waals surface area contributed by atoms with E-state index in [0.717, 1.165) is 5.56 Å². The molecular formula is C18H25N3O3S2. The van der Waals surface area contributed by atoms with Crippen molar-refractivity contribution in [3.63, 3.8) is 0 Å². The summed E-state index contributed by atoms with van der Waals surface area (Å²) >= 11 is 1.62. The number of thiophene rings is 1. The molecule has 1 heterocycles. The Kier molecular flexibility index (Phi) is 6.94. The molecule has 0 saturated carbocycles. The van der Waals surface area contributed by atoms with Crippen LogP contribution in [0.1, 0.15) is 35.8 Å². The van der Waals surface area contributed by atoms with E-state index < -0.39 is 10.0 Å². The molecule has 142 valence electrons. The van der Waals surface area contributed by atoms with Crippen LogP contribution in [-0.2, 0) is 10.0 Å². The molecule has 1 aromatic heterocycles. The number of hydrogen-bond donors (Lipinski definition) is 2. The lowest BCUT2D eigenvalue weighted by atomic mass is 10.1. The Labute approximate surface area is 159 Å². The van der Waals surface area contributed by atoms with Gasteiger partial charge in [0.15, 0.2) is 0 Å². The zero-order valence-corrected chi connectivity index (χ0v) is 17.0. The summed E-state index contributed by atoms with van der Waals surface area (Å²) in [5.74, 6) is -0.229. The molecule has 0 saturated heterocycles. The Bertz CT molecular complexity index is 814. The van der Waals surface area contributed by atoms with Gasteiger partial charge in [0.2, 0.25) is 10.0 Å². The Morgan fingerprint density at radius 1 is 1.15 bits per heavy atom. The third-order valence-electron chi connectivity index (χ3n) is 3.82. The molecule has 2 rings (SSSR count). The van der Waals surface area contributed by atoms with Crippen LogP contribution in [0.4, 0.5) is 0 Å². The highest BCUT2D eigenvalue weighted by Gasteiger charge is 2.18. The predicted octanol–water partition coefficient (Wildman–Crippen LogP) is 2.47. The molecule has 26 heavy (non-hydrogen) atoms. The van der Waals surface area contributed by atoms with Crippen molar-refractivity contribution in [2.75, 3.05) is 20.6 Å². The molecule has 2 aromatic rings. The van der Waals surface area contributed by atoms with E-state index in [4.69, 9.17) is 0 Å². The van der Waals surface area contributed by atoms with Crippen LogP contribution in [-0.4, -0.2) is 45.9 Å². The number of rotatable bonds is 8. The van der Waals surface area contributed by atoms with E-state index in [1.807, 2.05) is 25.5 Å². The lowest BCUT2D eigenvalue weighted by Crippen LogP contribution is -2.34. The van der Waals surface area contributed by atoms with E-state index in [1.165, 1.54) is 24.3 Å². The molecule has 1 amide bonds. The minimum Gasteiger partial charge on any atom is -0.350 e. The zero-order valence-electron chi connectivity index (χ0n) is 15.4. The van der Waals surface area contributed by atoms with E-state index in [-0.39, 0.29) is 22.9 Å². The molecule has 0 aliphatic rings. The number of benzene rings is 1. The first kappa shape index (κ1) is 20.6. The summed E-state index contributed by atoms with van der Waals surface area (Å²) in [6, 6.07) is 7.88. The van der Waals surface area contributed by atoms with Gasteiger partial charge in [-0.1, -0.05) is 0 Å². The monoisotopic (exact) mass is 395 g/mol. The Morgan fingerprint density at radius 2 is 1.81 bits per heavy atom. The fourth-order valence-electron chi connectivity index (χ4n) is 2.52. The second-order valence-corrected chi connectivity index (χ2v) is 9.04. The van der Waals surface area contributed by atoms with Crippen LogP contribution in [0.2, 0.25) is 0 Å². The molecule has 1 aromatic carbocycles. The average Bonchev–Trinajstić information content (AvgIpc) is 3.07. The quantitative estimate of drug-likeness (QED) is 0.720. The van der Waals surface area contributed by atoms with E-state index in [0.29, 0.717) is 12.1 Å². The van der Waals surface area contributed by atoms with Gasteiger partial charge in [-0.25, -0.2) is 13.1 Å². The first-order valence-corrected chi connectivity index (χ1v) is 10.7. The van der Waals surface area contributed by atoms with Crippen LogP contribution in [0.3, 0.4) is 0 Å². The normalized spacial score (nSPS) is 13.2. The highest BCUT2D eigenvalue weighted by atomic mass is 32.2. The van der Waals surface area contributed by atoms with Crippen LogP contribution in [0.5, 0.6) is 0 Å². The largest absolute Gasteiger partial charge is 0.350 e. The molecule has 2 N–H and O–H groups in total. The van der Waals surface area contributed by atoms with Crippen molar-refractivity contribution in [1.82, 2.24) is 14.9 Å². The third kappa shape index (κ3) is 5.38. The molecule has 0 fully saturated rings. The highest BCUT2D eigenvalue weighted by Crippen LogP contribution is 2.20. The number of amides is 1. The summed E-state index contributed by atoms with van der Waals surface area (Å²) in [6.07, 6.45) is 0. The SMILES string of the molecule is CC(C)NS(=O)(=O)c1ccc(C(=O)NCC(c2ccsc2)N(C)C)cc1. The molecule has 6 nitrogen and oxygen atoms in total. The molecule has 0 radical (unpaired) electrons. The molecule has 1 atom stereocenters. The summed E-state index contributed by atoms with van der Waals surface area (Å²) in [4.78, 5) is 14.6. The van der Waals surface area contributed by atoms with Gasteiger partial charge < -0.3 is 10.2 Å². The summed E-state index contributed by atoms with van der Waals surface area (Å²) in [5.41, 5.74) is 1.58. The first-order valence-electron chi connectivity index (χ1n) is 8.30. The summed E-state index contributed by atoms with van der Waals surface area (Å²) in [5, 5.41) is 7.00. The van der Waals surface area contributed by atoms with E-state index >= 15 is 0 Å². The summed E-state index contributed by atoms with van der Waals surface area (Å²) in [7, 11) is 0.380. The number of sulfonamides is 1. The average molecular weight is 396 g/mol. The van der Waals surface area contributed by atoms with Gasteiger partial charge in [-0.15, -0.1) is 0 Å². The molecule has 0 aliphatic heterocycles. The van der Waals surface area contributed by atoms with Gasteiger partial charge in [-0.05, 0) is 74.6 Å². The minimum absolute atomic E-state index is 0.0834. The highest BCUT2D eigenvalue weighted by molar-refractivity contribution is 7.89. The fourth-order valence-corrected chi connectivity index (χ4v) is 4.48. The van der Waals surface area contributed by atoms with Crippen molar-refractivity contribution in [1.29, 1.82) is 0 Å². The minimum atomic E-state index is -3.56. The zero-order chi connectivity index (χ0) is 19.3. The van der Waals surface area contributed by atoms with Gasteiger partial charge in [0, 0.05) is 18.2 Å². The van der Waals surface area contributed by atoms with Crippen molar-refractivity contribution in [3.05, 3.63) is 52.2 Å². The van der Waals surface area contributed by atoms with Gasteiger partial charge in [0.25, 0.3) is 5.91 Å². The van der Waals surface area contributed by atoms with Crippen molar-refractivity contribution in [2.24, 2.45) is 0 Å². The van der Waals surface area contributed by atoms with Crippen molar-refractivity contribution in [2.45, 2.75) is 30.8 Å². The second-order valence-electron chi connectivity index (χ2n) is 6.55. The van der Waals surface area contributed by atoms with Crippen LogP contribution >= 0.6 is 11.3 Å². The maximum Gasteiger partial charge on any atom is 0.251 e. The smallest absolute Gasteiger partial charge is 0.251 e. The van der Waals surface area contributed by atoms with Crippen LogP contribution < -0.4 is 10.0 Å². The van der Waals surface area contributed by atoms with Gasteiger partial charge in [0.05, 0.1) is 10.9 Å². The number of carbonyl (C=O) groups excluding carboxylic acids is 1. The summed E-state index contributed by atoms with van der Waals surface area (Å²) < 4.78 is 26.8. The van der Waals surface area contributed by atoms with E-state index in [9.17, 15) is 13.2 Å². The number of likely N-dealkylation sites (N-methyl/N-ethyl adjacent to an activating group) is 1. The molecule has 0 spiro atoms. The topological polar surface area (TPSA) is 78.5 Å². The third-order valence-corrected chi connectivity index (χ3v) is 6.20. The molecule has 0 aliphatic carbocycles. The number of carbonyl (C=O) groups is 1. The van der Waals surface area contributed by atoms with Gasteiger partial charge in [-0.3, -0.25) is 4.79 Å². The Balaban J connectivity index is 2.04. The lowest BCUT2D eigenvalue weighted by molar-refractivity contribution is 0.0942. The fraction of sp³-hybridized carbons (Fsp3) is 0.389. The second kappa shape index (κ2) is 8.77. The van der Waals surface area contributed by atoms with Crippen molar-refractivity contribution < 1.29 is 13.2 Å². The number of nitrogens with zero attached hydrogens (tertiary/aromatic N) is 1. The number of hydrogen-bond acceptors (Lipinski definition) is 5. The lowest BCUT2D eigenvalue weighted by Gasteiger charge is -2.24. The van der Waals surface area contributed by atoms with Gasteiger partial charge >= 0.3 is 0 Å². The van der Waals surface area contributed by atoms with Gasteiger partial charge in [-0.2, -0.15) is 11.3 Å².